The molecular formula is C41H78N2O8S. The maximum atomic E-state index is 12.7. The van der Waals surface area contributed by atoms with Gasteiger partial charge in [0.2, 0.25) is 5.91 Å². The lowest BCUT2D eigenvalue weighted by molar-refractivity contribution is -0.157. The molecule has 0 bridgehead atoms. The number of hydrogen-bond donors (Lipinski definition) is 4. The monoisotopic (exact) mass is 759 g/mol. The maximum Gasteiger partial charge on any atom is 0.328 e. The smallest absolute Gasteiger partial charge is 0.328 e. The number of esters is 2. The minimum absolute atomic E-state index is 0.0678. The Morgan fingerprint density at radius 3 is 1.37 bits per heavy atom. The summed E-state index contributed by atoms with van der Waals surface area (Å²) in [5.41, 5.74) is 5.93. The number of aliphatic carboxylic acids is 1. The van der Waals surface area contributed by atoms with E-state index in [9.17, 15) is 19.2 Å². The summed E-state index contributed by atoms with van der Waals surface area (Å²) in [4.78, 5) is 48.6. The number of aliphatic hydroxyl groups is 1. The maximum absolute atomic E-state index is 12.7. The van der Waals surface area contributed by atoms with Gasteiger partial charge < -0.3 is 30.7 Å². The van der Waals surface area contributed by atoms with Crippen LogP contribution >= 0.6 is 11.8 Å². The molecular weight excluding hydrogens is 681 g/mol. The molecule has 1 amide bonds. The van der Waals surface area contributed by atoms with Gasteiger partial charge in [-0.3, -0.25) is 14.4 Å². The topological polar surface area (TPSA) is 165 Å². The third-order valence-corrected chi connectivity index (χ3v) is 10.6. The number of carbonyl (C=O) groups is 4. The molecule has 3 atom stereocenters. The van der Waals surface area contributed by atoms with Gasteiger partial charge in [0.05, 0.1) is 12.6 Å². The van der Waals surface area contributed by atoms with Gasteiger partial charge in [0, 0.05) is 24.3 Å². The van der Waals surface area contributed by atoms with Crippen LogP contribution in [0.1, 0.15) is 194 Å². The van der Waals surface area contributed by atoms with E-state index in [1.54, 1.807) is 0 Å². The van der Waals surface area contributed by atoms with Crippen molar-refractivity contribution in [3.63, 3.8) is 0 Å². The number of nitrogens with one attached hydrogen (secondary N) is 1. The van der Waals surface area contributed by atoms with Crippen molar-refractivity contribution in [2.75, 3.05) is 24.7 Å². The Labute approximate surface area is 321 Å². The number of thioether (sulfide) groups is 1. The first-order valence-corrected chi connectivity index (χ1v) is 22.2. The van der Waals surface area contributed by atoms with Gasteiger partial charge in [-0.15, -0.1) is 0 Å². The van der Waals surface area contributed by atoms with E-state index in [1.807, 2.05) is 0 Å². The second-order valence-corrected chi connectivity index (χ2v) is 15.6. The van der Waals surface area contributed by atoms with Crippen LogP contribution in [0.4, 0.5) is 0 Å². The number of rotatable bonds is 39. The molecule has 306 valence electrons. The Kier molecular flexibility index (Phi) is 36.1. The normalized spacial score (nSPS) is 13.0. The molecule has 0 heterocycles. The molecule has 10 nitrogen and oxygen atoms in total. The molecule has 0 aromatic carbocycles. The molecule has 0 spiro atoms. The first kappa shape index (κ1) is 50.1. The average Bonchev–Trinajstić information content (AvgIpc) is 3.12. The molecule has 0 fully saturated rings. The zero-order valence-electron chi connectivity index (χ0n) is 33.2. The Hall–Kier alpha value is -1.85. The number of aliphatic hydroxyl groups excluding tert-OH is 1. The van der Waals surface area contributed by atoms with E-state index in [0.29, 0.717) is 12.8 Å². The lowest BCUT2D eigenvalue weighted by Crippen LogP contribution is -2.50. The predicted molar refractivity (Wildman–Crippen MR) is 213 cm³/mol. The quantitative estimate of drug-likeness (QED) is 0.0351. The van der Waals surface area contributed by atoms with Gasteiger partial charge in [0.15, 0.2) is 0 Å². The number of carboxylic acid groups (broad SMARTS) is 1. The summed E-state index contributed by atoms with van der Waals surface area (Å²) in [7, 11) is 0. The van der Waals surface area contributed by atoms with E-state index in [2.05, 4.69) is 19.2 Å². The highest BCUT2D eigenvalue weighted by atomic mass is 32.2. The van der Waals surface area contributed by atoms with Crippen molar-refractivity contribution < 1.29 is 38.9 Å². The third-order valence-electron chi connectivity index (χ3n) is 9.43. The van der Waals surface area contributed by atoms with Crippen molar-refractivity contribution in [1.29, 1.82) is 0 Å². The Bertz CT molecular complexity index is 878. The molecule has 0 rings (SSSR count). The fraction of sp³-hybridized carbons (Fsp3) is 0.902. The number of carbonyl (C=O) groups excluding carboxylic acids is 3. The van der Waals surface area contributed by atoms with Gasteiger partial charge in [-0.25, -0.2) is 4.79 Å². The van der Waals surface area contributed by atoms with Crippen LogP contribution in [0, 0.1) is 0 Å². The highest BCUT2D eigenvalue weighted by Crippen LogP contribution is 2.16. The first-order chi connectivity index (χ1) is 25.2. The molecule has 0 aliphatic carbocycles. The molecule has 52 heavy (non-hydrogen) atoms. The highest BCUT2D eigenvalue weighted by molar-refractivity contribution is 7.99. The molecule has 1 unspecified atom stereocenters. The summed E-state index contributed by atoms with van der Waals surface area (Å²) in [6.45, 7) is 3.68. The van der Waals surface area contributed by atoms with E-state index in [-0.39, 0.29) is 30.1 Å². The minimum atomic E-state index is -1.43. The molecule has 0 aliphatic rings. The van der Waals surface area contributed by atoms with E-state index < -0.39 is 36.7 Å². The van der Waals surface area contributed by atoms with Crippen LogP contribution in [0.3, 0.4) is 0 Å². The molecule has 0 aromatic heterocycles. The predicted octanol–water partition coefficient (Wildman–Crippen LogP) is 9.03. The van der Waals surface area contributed by atoms with Crippen LogP contribution in [0.5, 0.6) is 0 Å². The molecule has 0 saturated carbocycles. The molecule has 5 N–H and O–H groups in total. The summed E-state index contributed by atoms with van der Waals surface area (Å²) in [5, 5.41) is 20.4. The standard InChI is InChI=1S/C41H78N2O8S/c1-3-5-7-9-11-13-15-17-19-21-23-25-27-29-38(45)50-32-35(33-52-34-36(42)40(47)43-37(31-44)41(48)49)51-39(46)30-28-26-24-22-20-18-16-14-12-10-8-6-4-2/h35-37,44H,3-34,42H2,1-2H3,(H,43,47)(H,48,49)/t35?,36-,37-/m0/s1. The molecule has 0 aromatic rings. The second-order valence-electron chi connectivity index (χ2n) is 14.5. The SMILES string of the molecule is CCCCCCCCCCCCCCCC(=O)OCC(CSC[C@H](N)C(=O)N[C@@H](CO)C(=O)O)OC(=O)CCCCCCCCCCCCCCC. The second kappa shape index (κ2) is 37.5. The molecule has 0 aliphatic heterocycles. The van der Waals surface area contributed by atoms with Crippen LogP contribution in [0.2, 0.25) is 0 Å². The number of ether oxygens (including phenoxy) is 2. The van der Waals surface area contributed by atoms with Gasteiger partial charge in [0.1, 0.15) is 18.8 Å². The number of hydrogen-bond acceptors (Lipinski definition) is 9. The van der Waals surface area contributed by atoms with Crippen molar-refractivity contribution in [1.82, 2.24) is 5.32 Å². The van der Waals surface area contributed by atoms with Crippen molar-refractivity contribution in [2.45, 2.75) is 212 Å². The fourth-order valence-electron chi connectivity index (χ4n) is 6.06. The summed E-state index contributed by atoms with van der Waals surface area (Å²) in [6, 6.07) is -2.46. The third kappa shape index (κ3) is 32.8. The Balaban J connectivity index is 4.44. The van der Waals surface area contributed by atoms with Crippen molar-refractivity contribution >= 4 is 35.6 Å². The number of nitrogens with two attached hydrogens (primary N) is 1. The van der Waals surface area contributed by atoms with Crippen molar-refractivity contribution in [2.24, 2.45) is 5.73 Å². The summed E-state index contributed by atoms with van der Waals surface area (Å²) >= 11 is 1.26. The largest absolute Gasteiger partial charge is 0.480 e. The van der Waals surface area contributed by atoms with Gasteiger partial charge in [0.25, 0.3) is 0 Å². The van der Waals surface area contributed by atoms with E-state index in [0.717, 1.165) is 38.5 Å². The zero-order chi connectivity index (χ0) is 38.5. The van der Waals surface area contributed by atoms with Gasteiger partial charge in [-0.2, -0.15) is 11.8 Å². The van der Waals surface area contributed by atoms with Crippen LogP contribution in [0.25, 0.3) is 0 Å². The molecule has 0 radical (unpaired) electrons. The number of carboxylic acids is 1. The summed E-state index contributed by atoms with van der Waals surface area (Å²) in [6.07, 6.45) is 31.7. The summed E-state index contributed by atoms with van der Waals surface area (Å²) < 4.78 is 11.2. The van der Waals surface area contributed by atoms with Gasteiger partial charge in [-0.1, -0.05) is 168 Å². The van der Waals surface area contributed by atoms with E-state index in [1.165, 1.54) is 140 Å². The number of amides is 1. The van der Waals surface area contributed by atoms with Crippen LogP contribution in [0.15, 0.2) is 0 Å². The molecule has 11 heteroatoms. The van der Waals surface area contributed by atoms with Gasteiger partial charge >= 0.3 is 17.9 Å². The fourth-order valence-corrected chi connectivity index (χ4v) is 7.03. The summed E-state index contributed by atoms with van der Waals surface area (Å²) in [5.74, 6) is -2.31. The lowest BCUT2D eigenvalue weighted by Gasteiger charge is -2.19. The van der Waals surface area contributed by atoms with E-state index >= 15 is 0 Å². The van der Waals surface area contributed by atoms with Crippen molar-refractivity contribution in [3.05, 3.63) is 0 Å². The lowest BCUT2D eigenvalue weighted by atomic mass is 10.0. The van der Waals surface area contributed by atoms with Crippen LogP contribution in [-0.2, 0) is 28.7 Å². The van der Waals surface area contributed by atoms with Gasteiger partial charge in [-0.05, 0) is 12.8 Å². The van der Waals surface area contributed by atoms with E-state index in [4.69, 9.17) is 25.4 Å². The van der Waals surface area contributed by atoms with Crippen molar-refractivity contribution in [3.8, 4) is 0 Å². The first-order valence-electron chi connectivity index (χ1n) is 21.1. The minimum Gasteiger partial charge on any atom is -0.480 e. The Morgan fingerprint density at radius 2 is 0.981 bits per heavy atom. The number of unbranched alkanes of at least 4 members (excludes halogenated alkanes) is 24. The van der Waals surface area contributed by atoms with Crippen LogP contribution < -0.4 is 11.1 Å². The average molecular weight is 759 g/mol. The molecule has 0 saturated heterocycles. The Morgan fingerprint density at radius 1 is 0.596 bits per heavy atom. The van der Waals surface area contributed by atoms with Crippen LogP contribution in [-0.4, -0.2) is 76.9 Å². The highest BCUT2D eigenvalue weighted by Gasteiger charge is 2.24. The zero-order valence-corrected chi connectivity index (χ0v) is 34.0.